The Morgan fingerprint density at radius 3 is 2.06 bits per heavy atom. The molecule has 166 valence electrons. The van der Waals surface area contributed by atoms with Crippen molar-refractivity contribution < 1.29 is 19.1 Å². The van der Waals surface area contributed by atoms with Crippen LogP contribution in [0.15, 0.2) is 78.9 Å². The first-order chi connectivity index (χ1) is 15.6. The highest BCUT2D eigenvalue weighted by Crippen LogP contribution is 2.24. The Morgan fingerprint density at radius 1 is 0.812 bits per heavy atom. The van der Waals surface area contributed by atoms with E-state index in [1.807, 2.05) is 73.7 Å². The lowest BCUT2D eigenvalue weighted by Crippen LogP contribution is -2.08. The molecule has 0 heterocycles. The largest absolute Gasteiger partial charge is 0.458 e. The van der Waals surface area contributed by atoms with Crippen LogP contribution in [0, 0.1) is 0 Å². The van der Waals surface area contributed by atoms with E-state index in [0.717, 1.165) is 41.5 Å². The van der Waals surface area contributed by atoms with Gasteiger partial charge in [-0.1, -0.05) is 86.5 Å². The summed E-state index contributed by atoms with van der Waals surface area (Å²) >= 11 is 0. The molecule has 0 aliphatic carbocycles. The zero-order chi connectivity index (χ0) is 22.8. The molecule has 0 saturated heterocycles. The highest BCUT2D eigenvalue weighted by molar-refractivity contribution is 5.90. The molecule has 1 unspecified atom stereocenters. The van der Waals surface area contributed by atoms with Crippen LogP contribution in [-0.2, 0) is 20.9 Å². The smallest absolute Gasteiger partial charge is 0.338 e. The second-order valence-electron chi connectivity index (χ2n) is 7.85. The van der Waals surface area contributed by atoms with Gasteiger partial charge in [0.05, 0.1) is 5.56 Å². The van der Waals surface area contributed by atoms with E-state index in [4.69, 9.17) is 9.47 Å². The van der Waals surface area contributed by atoms with E-state index < -0.39 is 0 Å². The van der Waals surface area contributed by atoms with Crippen molar-refractivity contribution in [2.45, 2.75) is 52.2 Å². The molecule has 0 N–H and O–H groups in total. The van der Waals surface area contributed by atoms with Gasteiger partial charge in [-0.2, -0.15) is 0 Å². The van der Waals surface area contributed by atoms with Crippen molar-refractivity contribution in [2.75, 3.05) is 0 Å². The maximum Gasteiger partial charge on any atom is 0.338 e. The molecule has 3 aromatic rings. The first-order valence-corrected chi connectivity index (χ1v) is 11.2. The lowest BCUT2D eigenvalue weighted by atomic mass is 10.0. The molecular weight excluding hydrogens is 400 g/mol. The number of unbranched alkanes of at least 4 members (excludes halogenated alkanes) is 2. The summed E-state index contributed by atoms with van der Waals surface area (Å²) in [6, 6.07) is 24.9. The van der Waals surface area contributed by atoms with E-state index >= 15 is 0 Å². The summed E-state index contributed by atoms with van der Waals surface area (Å²) in [5.74, 6) is -0.491. The average molecular weight is 431 g/mol. The van der Waals surface area contributed by atoms with Gasteiger partial charge in [0.25, 0.3) is 0 Å². The molecule has 0 aliphatic heterocycles. The van der Waals surface area contributed by atoms with Gasteiger partial charge in [0.1, 0.15) is 12.7 Å². The minimum Gasteiger partial charge on any atom is -0.458 e. The molecule has 4 heteroatoms. The lowest BCUT2D eigenvalue weighted by Gasteiger charge is -2.14. The van der Waals surface area contributed by atoms with E-state index in [1.165, 1.54) is 0 Å². The van der Waals surface area contributed by atoms with Crippen LogP contribution in [0.25, 0.3) is 11.1 Å². The lowest BCUT2D eigenvalue weighted by molar-refractivity contribution is -0.148. The second kappa shape index (κ2) is 11.8. The highest BCUT2D eigenvalue weighted by Gasteiger charge is 2.12. The van der Waals surface area contributed by atoms with Crippen LogP contribution in [0.5, 0.6) is 0 Å². The molecule has 0 bridgehead atoms. The Morgan fingerprint density at radius 2 is 1.44 bits per heavy atom. The highest BCUT2D eigenvalue weighted by atomic mass is 16.5. The predicted octanol–water partition coefficient (Wildman–Crippen LogP) is 6.90. The minimum absolute atomic E-state index is 0.148. The molecule has 32 heavy (non-hydrogen) atoms. The molecule has 0 radical (unpaired) electrons. The summed E-state index contributed by atoms with van der Waals surface area (Å²) in [5.41, 5.74) is 4.46. The summed E-state index contributed by atoms with van der Waals surface area (Å²) in [6.45, 7) is 4.26. The average Bonchev–Trinajstić information content (AvgIpc) is 2.83. The molecule has 0 amide bonds. The van der Waals surface area contributed by atoms with Crippen LogP contribution in [0.2, 0.25) is 0 Å². The van der Waals surface area contributed by atoms with Gasteiger partial charge in [-0.15, -0.1) is 0 Å². The van der Waals surface area contributed by atoms with Crippen LogP contribution < -0.4 is 0 Å². The van der Waals surface area contributed by atoms with Gasteiger partial charge in [-0.3, -0.25) is 4.79 Å². The SMILES string of the molecule is CCCCCC(=O)OC(C)c1ccc(-c2ccc(C(=O)OCc3ccccc3)cc2)cc1. The van der Waals surface area contributed by atoms with Gasteiger partial charge in [0.15, 0.2) is 0 Å². The third kappa shape index (κ3) is 6.81. The Hall–Kier alpha value is -3.40. The van der Waals surface area contributed by atoms with E-state index in [9.17, 15) is 9.59 Å². The number of hydrogen-bond donors (Lipinski definition) is 0. The maximum atomic E-state index is 12.3. The van der Waals surface area contributed by atoms with Crippen molar-refractivity contribution in [3.05, 3.63) is 95.6 Å². The van der Waals surface area contributed by atoms with Crippen molar-refractivity contribution >= 4 is 11.9 Å². The fourth-order valence-corrected chi connectivity index (χ4v) is 3.40. The van der Waals surface area contributed by atoms with Crippen LogP contribution in [0.1, 0.15) is 67.1 Å². The number of carbonyl (C=O) groups excluding carboxylic acids is 2. The van der Waals surface area contributed by atoms with Gasteiger partial charge in [0, 0.05) is 6.42 Å². The molecule has 1 atom stereocenters. The number of benzene rings is 3. The number of ether oxygens (including phenoxy) is 2. The number of hydrogen-bond acceptors (Lipinski definition) is 4. The summed E-state index contributed by atoms with van der Waals surface area (Å²) < 4.78 is 10.9. The number of rotatable bonds is 10. The normalized spacial score (nSPS) is 11.6. The van der Waals surface area contributed by atoms with Gasteiger partial charge < -0.3 is 9.47 Å². The van der Waals surface area contributed by atoms with E-state index in [2.05, 4.69) is 6.92 Å². The molecule has 0 aromatic heterocycles. The molecule has 4 nitrogen and oxygen atoms in total. The minimum atomic E-state index is -0.342. The Bertz CT molecular complexity index is 992. The van der Waals surface area contributed by atoms with E-state index in [-0.39, 0.29) is 24.6 Å². The third-order valence-corrected chi connectivity index (χ3v) is 5.34. The third-order valence-electron chi connectivity index (χ3n) is 5.34. The summed E-state index contributed by atoms with van der Waals surface area (Å²) in [5, 5.41) is 0. The second-order valence-corrected chi connectivity index (χ2v) is 7.85. The standard InChI is InChI=1S/C28H30O4/c1-3-4-6-11-27(29)32-21(2)23-12-14-24(15-13-23)25-16-18-26(19-17-25)28(30)31-20-22-9-7-5-8-10-22/h5,7-10,12-19,21H,3-4,6,11,20H2,1-2H3. The fraction of sp³-hybridized carbons (Fsp3) is 0.286. The first kappa shape index (κ1) is 23.3. The fourth-order valence-electron chi connectivity index (χ4n) is 3.40. The van der Waals surface area contributed by atoms with Crippen LogP contribution in [-0.4, -0.2) is 11.9 Å². The number of esters is 2. The molecule has 3 rings (SSSR count). The van der Waals surface area contributed by atoms with Crippen molar-refractivity contribution in [3.8, 4) is 11.1 Å². The quantitative estimate of drug-likeness (QED) is 0.259. The van der Waals surface area contributed by atoms with E-state index in [1.54, 1.807) is 12.1 Å². The van der Waals surface area contributed by atoms with Gasteiger partial charge in [0.2, 0.25) is 0 Å². The maximum absolute atomic E-state index is 12.3. The Labute approximate surface area is 190 Å². The molecule has 3 aromatic carbocycles. The zero-order valence-corrected chi connectivity index (χ0v) is 18.8. The molecule has 0 spiro atoms. The van der Waals surface area contributed by atoms with Crippen molar-refractivity contribution in [1.29, 1.82) is 0 Å². The first-order valence-electron chi connectivity index (χ1n) is 11.2. The van der Waals surface area contributed by atoms with E-state index in [0.29, 0.717) is 12.0 Å². The monoisotopic (exact) mass is 430 g/mol. The number of carbonyl (C=O) groups is 2. The molecule has 0 fully saturated rings. The summed E-state index contributed by atoms with van der Waals surface area (Å²) in [7, 11) is 0. The van der Waals surface area contributed by atoms with Crippen molar-refractivity contribution in [3.63, 3.8) is 0 Å². The van der Waals surface area contributed by atoms with Crippen molar-refractivity contribution in [2.24, 2.45) is 0 Å². The Balaban J connectivity index is 1.55. The van der Waals surface area contributed by atoms with Crippen LogP contribution >= 0.6 is 0 Å². The molecule has 0 aliphatic rings. The molecular formula is C28H30O4. The van der Waals surface area contributed by atoms with Crippen molar-refractivity contribution in [1.82, 2.24) is 0 Å². The Kier molecular flexibility index (Phi) is 8.61. The van der Waals surface area contributed by atoms with Gasteiger partial charge >= 0.3 is 11.9 Å². The molecule has 0 saturated carbocycles. The summed E-state index contributed by atoms with van der Waals surface area (Å²) in [6.07, 6.45) is 3.19. The summed E-state index contributed by atoms with van der Waals surface area (Å²) in [4.78, 5) is 24.2. The van der Waals surface area contributed by atoms with Gasteiger partial charge in [-0.05, 0) is 47.7 Å². The van der Waals surface area contributed by atoms with Crippen LogP contribution in [0.4, 0.5) is 0 Å². The topological polar surface area (TPSA) is 52.6 Å². The predicted molar refractivity (Wildman–Crippen MR) is 126 cm³/mol. The van der Waals surface area contributed by atoms with Crippen LogP contribution in [0.3, 0.4) is 0 Å². The van der Waals surface area contributed by atoms with Gasteiger partial charge in [-0.25, -0.2) is 4.79 Å². The zero-order valence-electron chi connectivity index (χ0n) is 18.8.